The molecule has 1 aromatic heterocycles. The van der Waals surface area contributed by atoms with Gasteiger partial charge in [-0.05, 0) is 12.1 Å². The van der Waals surface area contributed by atoms with E-state index in [9.17, 15) is 0 Å². The van der Waals surface area contributed by atoms with Crippen molar-refractivity contribution >= 4 is 0 Å². The third-order valence-corrected chi connectivity index (χ3v) is 0.754. The second-order valence-corrected chi connectivity index (χ2v) is 1.35. The summed E-state index contributed by atoms with van der Waals surface area (Å²) in [6.07, 6.45) is 4.00. The molecule has 40 valence electrons. The first kappa shape index (κ1) is 6.80. The minimum Gasteiger partial charge on any atom is -0.357 e. The van der Waals surface area contributed by atoms with Gasteiger partial charge in [0.05, 0.1) is 0 Å². The van der Waals surface area contributed by atoms with E-state index in [1.807, 2.05) is 36.1 Å². The van der Waals surface area contributed by atoms with E-state index in [0.717, 1.165) is 0 Å². The molecule has 0 aliphatic heterocycles. The van der Waals surface area contributed by atoms with Crippen LogP contribution >= 0.6 is 0 Å². The van der Waals surface area contributed by atoms with Crippen LogP contribution in [-0.4, -0.2) is 4.57 Å². The van der Waals surface area contributed by atoms with Crippen molar-refractivity contribution in [2.45, 2.75) is 0 Å². The maximum absolute atomic E-state index is 2.00. The molecule has 0 atom stereocenters. The summed E-state index contributed by atoms with van der Waals surface area (Å²) >= 11 is 0. The van der Waals surface area contributed by atoms with Crippen molar-refractivity contribution in [3.8, 4) is 0 Å². The van der Waals surface area contributed by atoms with E-state index in [2.05, 4.69) is 0 Å². The molecule has 1 rings (SSSR count). The molecule has 0 bridgehead atoms. The Hall–Kier alpha value is -0.201. The monoisotopic (exact) mass is 137 g/mol. The third-order valence-electron chi connectivity index (χ3n) is 0.754. The van der Waals surface area contributed by atoms with Crippen molar-refractivity contribution in [3.05, 3.63) is 24.5 Å². The molecule has 2 heteroatoms. The summed E-state index contributed by atoms with van der Waals surface area (Å²) in [4.78, 5) is 0. The largest absolute Gasteiger partial charge is 0.357 e. The molecule has 0 spiro atoms. The van der Waals surface area contributed by atoms with E-state index >= 15 is 0 Å². The smallest absolute Gasteiger partial charge is 0.0106 e. The minimum absolute atomic E-state index is 0. The maximum atomic E-state index is 2.00. The molecule has 0 radical (unpaired) electrons. The predicted molar refractivity (Wildman–Crippen MR) is 25.4 cm³/mol. The van der Waals surface area contributed by atoms with Gasteiger partial charge >= 0.3 is 0 Å². The second kappa shape index (κ2) is 2.89. The second-order valence-electron chi connectivity index (χ2n) is 1.35. The summed E-state index contributed by atoms with van der Waals surface area (Å²) in [5.41, 5.74) is 0. The van der Waals surface area contributed by atoms with Gasteiger partial charge in [-0.15, -0.1) is 0 Å². The SMILES string of the molecule is Cn1cccc1.[Fe]. The van der Waals surface area contributed by atoms with E-state index in [4.69, 9.17) is 0 Å². The number of hydrogen-bond acceptors (Lipinski definition) is 0. The van der Waals surface area contributed by atoms with Gasteiger partial charge in [-0.3, -0.25) is 0 Å². The van der Waals surface area contributed by atoms with E-state index in [1.54, 1.807) is 0 Å². The van der Waals surface area contributed by atoms with Crippen LogP contribution in [0.3, 0.4) is 0 Å². The van der Waals surface area contributed by atoms with Crippen molar-refractivity contribution in [3.63, 3.8) is 0 Å². The van der Waals surface area contributed by atoms with Gasteiger partial charge in [-0.25, -0.2) is 0 Å². The van der Waals surface area contributed by atoms with Gasteiger partial charge in [0, 0.05) is 36.5 Å². The Morgan fingerprint density at radius 3 is 1.71 bits per heavy atom. The fourth-order valence-corrected chi connectivity index (χ4v) is 0.421. The zero-order valence-corrected chi connectivity index (χ0v) is 5.21. The van der Waals surface area contributed by atoms with Crippen molar-refractivity contribution in [2.75, 3.05) is 0 Å². The maximum Gasteiger partial charge on any atom is 0.0106 e. The molecule has 1 aromatic rings. The summed E-state index contributed by atoms with van der Waals surface area (Å²) in [5, 5.41) is 0. The molecule has 1 nitrogen and oxygen atoms in total. The van der Waals surface area contributed by atoms with Gasteiger partial charge in [0.15, 0.2) is 0 Å². The fraction of sp³-hybridized carbons (Fsp3) is 0.200. The summed E-state index contributed by atoms with van der Waals surface area (Å²) in [5.74, 6) is 0. The molecule has 0 aromatic carbocycles. The van der Waals surface area contributed by atoms with Gasteiger partial charge in [0.2, 0.25) is 0 Å². The van der Waals surface area contributed by atoms with Crippen LogP contribution in [-0.2, 0) is 24.1 Å². The van der Waals surface area contributed by atoms with Crippen LogP contribution in [0.1, 0.15) is 0 Å². The molecule has 1 heterocycles. The van der Waals surface area contributed by atoms with E-state index in [1.165, 1.54) is 0 Å². The standard InChI is InChI=1S/C5H7N.Fe/c1-6-4-2-3-5-6;/h2-5H,1H3;. The number of rotatable bonds is 0. The molecule has 0 aliphatic carbocycles. The zero-order chi connectivity index (χ0) is 4.41. The number of nitrogens with zero attached hydrogens (tertiary/aromatic N) is 1. The van der Waals surface area contributed by atoms with Gasteiger partial charge in [-0.2, -0.15) is 0 Å². The molecule has 0 saturated heterocycles. The summed E-state index contributed by atoms with van der Waals surface area (Å²) in [6, 6.07) is 4.00. The van der Waals surface area contributed by atoms with Crippen LogP contribution < -0.4 is 0 Å². The summed E-state index contributed by atoms with van der Waals surface area (Å²) in [7, 11) is 2.00. The summed E-state index contributed by atoms with van der Waals surface area (Å²) < 4.78 is 2.00. The van der Waals surface area contributed by atoms with Crippen molar-refractivity contribution < 1.29 is 17.1 Å². The van der Waals surface area contributed by atoms with Crippen LogP contribution in [0.15, 0.2) is 24.5 Å². The van der Waals surface area contributed by atoms with Gasteiger partial charge < -0.3 is 4.57 Å². The first-order valence-corrected chi connectivity index (χ1v) is 1.96. The molecule has 0 amide bonds. The Morgan fingerprint density at radius 2 is 1.57 bits per heavy atom. The third kappa shape index (κ3) is 1.81. The normalized spacial score (nSPS) is 7.57. The Labute approximate surface area is 53.8 Å². The topological polar surface area (TPSA) is 4.93 Å². The zero-order valence-electron chi connectivity index (χ0n) is 4.11. The van der Waals surface area contributed by atoms with Crippen LogP contribution in [0.25, 0.3) is 0 Å². The van der Waals surface area contributed by atoms with Crippen molar-refractivity contribution in [2.24, 2.45) is 7.05 Å². The Bertz CT molecular complexity index is 112. The minimum atomic E-state index is 0. The van der Waals surface area contributed by atoms with E-state index in [0.29, 0.717) is 0 Å². The van der Waals surface area contributed by atoms with Gasteiger partial charge in [0.25, 0.3) is 0 Å². The molecular formula is C5H7FeN. The number of aromatic nitrogens is 1. The quantitative estimate of drug-likeness (QED) is 0.470. The van der Waals surface area contributed by atoms with Crippen molar-refractivity contribution in [1.82, 2.24) is 4.57 Å². The molecule has 0 unspecified atom stereocenters. The molecule has 0 fully saturated rings. The average Bonchev–Trinajstić information content (AvgIpc) is 1.86. The van der Waals surface area contributed by atoms with E-state index < -0.39 is 0 Å². The van der Waals surface area contributed by atoms with E-state index in [-0.39, 0.29) is 17.1 Å². The van der Waals surface area contributed by atoms with Crippen LogP contribution in [0.5, 0.6) is 0 Å². The van der Waals surface area contributed by atoms with Gasteiger partial charge in [-0.1, -0.05) is 0 Å². The molecule has 7 heavy (non-hydrogen) atoms. The number of aryl methyl sites for hydroxylation is 1. The fourth-order valence-electron chi connectivity index (χ4n) is 0.421. The van der Waals surface area contributed by atoms with Crippen molar-refractivity contribution in [1.29, 1.82) is 0 Å². The predicted octanol–water partition coefficient (Wildman–Crippen LogP) is 1.02. The molecule has 0 saturated carbocycles. The molecule has 0 aliphatic rings. The first-order valence-electron chi connectivity index (χ1n) is 1.96. The van der Waals surface area contributed by atoms with Crippen LogP contribution in [0, 0.1) is 0 Å². The van der Waals surface area contributed by atoms with Crippen LogP contribution in [0.2, 0.25) is 0 Å². The number of hydrogen-bond donors (Lipinski definition) is 0. The molecule has 0 N–H and O–H groups in total. The van der Waals surface area contributed by atoms with Gasteiger partial charge in [0.1, 0.15) is 0 Å². The Morgan fingerprint density at radius 1 is 1.14 bits per heavy atom. The average molecular weight is 137 g/mol. The first-order chi connectivity index (χ1) is 2.89. The molecular weight excluding hydrogens is 130 g/mol. The summed E-state index contributed by atoms with van der Waals surface area (Å²) in [6.45, 7) is 0. The Kier molecular flexibility index (Phi) is 2.81. The van der Waals surface area contributed by atoms with Crippen LogP contribution in [0.4, 0.5) is 0 Å². The Balaban J connectivity index is 0.000000360.